The van der Waals surface area contributed by atoms with Crippen LogP contribution in [0.3, 0.4) is 0 Å². The Kier molecular flexibility index (Phi) is 2.83. The number of hydrogen-bond acceptors (Lipinski definition) is 2. The van der Waals surface area contributed by atoms with Crippen molar-refractivity contribution in [1.82, 2.24) is 0 Å². The van der Waals surface area contributed by atoms with Crippen LogP contribution in [0.5, 0.6) is 0 Å². The zero-order valence-corrected chi connectivity index (χ0v) is 8.24. The number of benzene rings is 1. The molecule has 0 aliphatic heterocycles. The normalized spacial score (nSPS) is 12.3. The lowest BCUT2D eigenvalue weighted by Crippen LogP contribution is -2.04. The van der Waals surface area contributed by atoms with E-state index in [1.807, 2.05) is 30.3 Å². The molecular weight excluding hydrogens is 193 g/mol. The topological polar surface area (TPSA) is 39.2 Å². The molecule has 15 heavy (non-hydrogen) atoms. The lowest BCUT2D eigenvalue weighted by Gasteiger charge is -1.97. The third-order valence-electron chi connectivity index (χ3n) is 2.29. The van der Waals surface area contributed by atoms with E-state index in [4.69, 9.17) is 10.2 Å². The molecule has 1 heterocycles. The summed E-state index contributed by atoms with van der Waals surface area (Å²) in [4.78, 5) is 0. The highest BCUT2D eigenvalue weighted by molar-refractivity contribution is 5.77. The lowest BCUT2D eigenvalue weighted by molar-refractivity contribution is 0.556. The van der Waals surface area contributed by atoms with Crippen molar-refractivity contribution in [2.75, 3.05) is 6.54 Å². The largest absolute Gasteiger partial charge is 0.461 e. The summed E-state index contributed by atoms with van der Waals surface area (Å²) in [6.07, 6.45) is 0.981. The molecule has 0 amide bonds. The van der Waals surface area contributed by atoms with Crippen molar-refractivity contribution in [1.29, 1.82) is 0 Å². The van der Waals surface area contributed by atoms with Crippen LogP contribution in [-0.2, 0) is 6.42 Å². The molecule has 0 spiro atoms. The van der Waals surface area contributed by atoms with Gasteiger partial charge in [-0.15, -0.1) is 0 Å². The molecule has 2 nitrogen and oxygen atoms in total. The van der Waals surface area contributed by atoms with E-state index >= 15 is 0 Å². The average molecular weight is 205 g/mol. The maximum atomic E-state index is 12.3. The van der Waals surface area contributed by atoms with Gasteiger partial charge >= 0.3 is 0 Å². The maximum absolute atomic E-state index is 12.3. The number of rotatable bonds is 3. The Morgan fingerprint density at radius 1 is 1.40 bits per heavy atom. The molecule has 0 saturated heterocycles. The minimum absolute atomic E-state index is 0.216. The van der Waals surface area contributed by atoms with Crippen molar-refractivity contribution in [3.05, 3.63) is 48.0 Å². The molecule has 0 unspecified atom stereocenters. The third-order valence-corrected chi connectivity index (χ3v) is 2.29. The molecule has 2 rings (SSSR count). The third kappa shape index (κ3) is 2.07. The molecule has 2 N–H and O–H groups in total. The molecule has 1 aromatic heterocycles. The van der Waals surface area contributed by atoms with E-state index < -0.39 is 0 Å². The van der Waals surface area contributed by atoms with Crippen LogP contribution in [0.1, 0.15) is 5.76 Å². The molecule has 3 heteroatoms. The van der Waals surface area contributed by atoms with Gasteiger partial charge < -0.3 is 10.2 Å². The van der Waals surface area contributed by atoms with Crippen molar-refractivity contribution in [2.24, 2.45) is 5.73 Å². The quantitative estimate of drug-likeness (QED) is 0.836. The van der Waals surface area contributed by atoms with Gasteiger partial charge in [-0.25, -0.2) is 4.39 Å². The minimum atomic E-state index is 0.216. The summed E-state index contributed by atoms with van der Waals surface area (Å²) in [7, 11) is 0. The summed E-state index contributed by atoms with van der Waals surface area (Å²) in [6, 6.07) is 9.61. The van der Waals surface area contributed by atoms with Gasteiger partial charge in [-0.05, 0) is 17.7 Å². The van der Waals surface area contributed by atoms with Gasteiger partial charge in [-0.2, -0.15) is 0 Å². The van der Waals surface area contributed by atoms with Crippen molar-refractivity contribution in [3.8, 4) is 0 Å². The van der Waals surface area contributed by atoms with Gasteiger partial charge in [0.25, 0.3) is 0 Å². The molecule has 78 valence electrons. The Bertz CT molecular complexity index is 454. The van der Waals surface area contributed by atoms with Crippen LogP contribution < -0.4 is 5.73 Å². The van der Waals surface area contributed by atoms with Gasteiger partial charge in [-0.3, -0.25) is 0 Å². The number of para-hydroxylation sites is 1. The fourth-order valence-corrected chi connectivity index (χ4v) is 1.50. The van der Waals surface area contributed by atoms with E-state index in [0.717, 1.165) is 16.7 Å². The number of hydrogen-bond donors (Lipinski definition) is 1. The first-order valence-electron chi connectivity index (χ1n) is 4.79. The summed E-state index contributed by atoms with van der Waals surface area (Å²) in [5, 5.41) is 1.03. The molecular formula is C12H12FNO. The molecule has 2 aromatic rings. The van der Waals surface area contributed by atoms with Crippen LogP contribution >= 0.6 is 0 Å². The predicted molar refractivity (Wildman–Crippen MR) is 58.2 cm³/mol. The second-order valence-corrected chi connectivity index (χ2v) is 3.40. The van der Waals surface area contributed by atoms with Crippen molar-refractivity contribution >= 4 is 11.0 Å². The minimum Gasteiger partial charge on any atom is -0.461 e. The van der Waals surface area contributed by atoms with Gasteiger partial charge in [0, 0.05) is 18.4 Å². The molecule has 0 aliphatic rings. The Balaban J connectivity index is 2.29. The summed E-state index contributed by atoms with van der Waals surface area (Å²) < 4.78 is 17.9. The molecule has 0 saturated carbocycles. The Hall–Kier alpha value is -1.61. The van der Waals surface area contributed by atoms with Crippen LogP contribution in [0.4, 0.5) is 4.39 Å². The summed E-state index contributed by atoms with van der Waals surface area (Å²) in [5.41, 5.74) is 6.73. The van der Waals surface area contributed by atoms with E-state index in [-0.39, 0.29) is 6.54 Å². The standard InChI is InChI=1S/C12H12FNO/c13-7-9(8-14)5-11-6-10-3-1-2-4-12(10)15-11/h1-4,6-7H,5,8,14H2. The number of halogens is 1. The van der Waals surface area contributed by atoms with Gasteiger partial charge in [0.05, 0.1) is 6.33 Å². The smallest absolute Gasteiger partial charge is 0.134 e. The number of fused-ring (bicyclic) bond motifs is 1. The molecule has 0 bridgehead atoms. The zero-order valence-electron chi connectivity index (χ0n) is 8.24. The first-order valence-corrected chi connectivity index (χ1v) is 4.79. The monoisotopic (exact) mass is 205 g/mol. The first-order chi connectivity index (χ1) is 7.33. The van der Waals surface area contributed by atoms with E-state index in [9.17, 15) is 4.39 Å². The van der Waals surface area contributed by atoms with Crippen molar-refractivity contribution in [3.63, 3.8) is 0 Å². The highest BCUT2D eigenvalue weighted by Gasteiger charge is 2.05. The Labute approximate surface area is 87.2 Å². The SMILES string of the molecule is NCC(=CF)Cc1cc2ccccc2o1. The van der Waals surface area contributed by atoms with Gasteiger partial charge in [-0.1, -0.05) is 18.2 Å². The second-order valence-electron chi connectivity index (χ2n) is 3.40. The molecule has 0 fully saturated rings. The first kappa shape index (κ1) is 9.93. The fourth-order valence-electron chi connectivity index (χ4n) is 1.50. The van der Waals surface area contributed by atoms with E-state index in [2.05, 4.69) is 0 Å². The van der Waals surface area contributed by atoms with Crippen LogP contribution in [0.2, 0.25) is 0 Å². The predicted octanol–water partition coefficient (Wildman–Crippen LogP) is 2.79. The average Bonchev–Trinajstić information content (AvgIpc) is 2.68. The molecule has 0 radical (unpaired) electrons. The highest BCUT2D eigenvalue weighted by Crippen LogP contribution is 2.20. The van der Waals surface area contributed by atoms with E-state index in [1.54, 1.807) is 0 Å². The zero-order chi connectivity index (χ0) is 10.7. The van der Waals surface area contributed by atoms with Gasteiger partial charge in [0.1, 0.15) is 11.3 Å². The summed E-state index contributed by atoms with van der Waals surface area (Å²) in [6.45, 7) is 0.216. The maximum Gasteiger partial charge on any atom is 0.134 e. The van der Waals surface area contributed by atoms with Gasteiger partial charge in [0.15, 0.2) is 0 Å². The van der Waals surface area contributed by atoms with Crippen LogP contribution in [0, 0.1) is 0 Å². The van der Waals surface area contributed by atoms with Crippen molar-refractivity contribution < 1.29 is 8.81 Å². The molecule has 0 atom stereocenters. The van der Waals surface area contributed by atoms with Crippen LogP contribution in [0.15, 0.2) is 46.7 Å². The summed E-state index contributed by atoms with van der Waals surface area (Å²) >= 11 is 0. The fraction of sp³-hybridized carbons (Fsp3) is 0.167. The second kappa shape index (κ2) is 4.28. The van der Waals surface area contributed by atoms with Crippen LogP contribution in [0.25, 0.3) is 11.0 Å². The van der Waals surface area contributed by atoms with Crippen molar-refractivity contribution in [2.45, 2.75) is 6.42 Å². The Morgan fingerprint density at radius 3 is 2.87 bits per heavy atom. The van der Waals surface area contributed by atoms with E-state index in [0.29, 0.717) is 18.3 Å². The Morgan fingerprint density at radius 2 is 2.20 bits per heavy atom. The number of furan rings is 1. The lowest BCUT2D eigenvalue weighted by atomic mass is 10.1. The summed E-state index contributed by atoms with van der Waals surface area (Å²) in [5.74, 6) is 0.741. The highest BCUT2D eigenvalue weighted by atomic mass is 19.1. The molecule has 0 aliphatic carbocycles. The van der Waals surface area contributed by atoms with E-state index in [1.165, 1.54) is 0 Å². The van der Waals surface area contributed by atoms with Gasteiger partial charge in [0.2, 0.25) is 0 Å². The molecule has 1 aromatic carbocycles. The van der Waals surface area contributed by atoms with Crippen LogP contribution in [-0.4, -0.2) is 6.54 Å². The number of nitrogens with two attached hydrogens (primary N) is 1.